The summed E-state index contributed by atoms with van der Waals surface area (Å²) in [6, 6.07) is 8.92. The summed E-state index contributed by atoms with van der Waals surface area (Å²) in [6.07, 6.45) is 3.32. The number of nitrogens with zero attached hydrogens (tertiary/aromatic N) is 2. The van der Waals surface area contributed by atoms with E-state index in [9.17, 15) is 4.79 Å². The second-order valence-corrected chi connectivity index (χ2v) is 6.94. The van der Waals surface area contributed by atoms with E-state index < -0.39 is 0 Å². The molecule has 1 aromatic carbocycles. The molecule has 0 saturated carbocycles. The lowest BCUT2D eigenvalue weighted by molar-refractivity contribution is -0.130. The number of rotatable bonds is 7. The Hall–Kier alpha value is -1.55. The van der Waals surface area contributed by atoms with Crippen molar-refractivity contribution >= 4 is 5.91 Å². The second kappa shape index (κ2) is 9.07. The van der Waals surface area contributed by atoms with Crippen LogP contribution in [0.3, 0.4) is 0 Å². The highest BCUT2D eigenvalue weighted by molar-refractivity contribution is 5.73. The van der Waals surface area contributed by atoms with Gasteiger partial charge >= 0.3 is 0 Å². The van der Waals surface area contributed by atoms with Crippen molar-refractivity contribution in [3.63, 3.8) is 0 Å². The SMILES string of the molecule is CCN(CC1CCN(C(C)=O)CC1)C(C)Cc1ccc(OC)cc1. The quantitative estimate of drug-likeness (QED) is 0.769. The van der Waals surface area contributed by atoms with Gasteiger partial charge in [-0.1, -0.05) is 19.1 Å². The average Bonchev–Trinajstić information content (AvgIpc) is 2.60. The minimum absolute atomic E-state index is 0.216. The Morgan fingerprint density at radius 3 is 2.42 bits per heavy atom. The summed E-state index contributed by atoms with van der Waals surface area (Å²) in [7, 11) is 1.70. The summed E-state index contributed by atoms with van der Waals surface area (Å²) < 4.78 is 5.23. The van der Waals surface area contributed by atoms with Gasteiger partial charge in [0, 0.05) is 32.6 Å². The third kappa shape index (κ3) is 5.23. The van der Waals surface area contributed by atoms with E-state index in [4.69, 9.17) is 4.74 Å². The number of likely N-dealkylation sites (tertiary alicyclic amines) is 1. The Bertz CT molecular complexity index is 507. The molecule has 1 aliphatic heterocycles. The lowest BCUT2D eigenvalue weighted by Gasteiger charge is -2.36. The van der Waals surface area contributed by atoms with E-state index in [1.807, 2.05) is 17.0 Å². The average molecular weight is 332 g/mol. The number of hydrogen-bond donors (Lipinski definition) is 0. The smallest absolute Gasteiger partial charge is 0.219 e. The number of methoxy groups -OCH3 is 1. The molecule has 0 bridgehead atoms. The van der Waals surface area contributed by atoms with E-state index in [0.29, 0.717) is 12.0 Å². The minimum Gasteiger partial charge on any atom is -0.497 e. The van der Waals surface area contributed by atoms with Crippen LogP contribution in [-0.4, -0.2) is 55.0 Å². The van der Waals surface area contributed by atoms with Gasteiger partial charge in [-0.3, -0.25) is 4.79 Å². The van der Waals surface area contributed by atoms with E-state index in [2.05, 4.69) is 30.9 Å². The molecule has 1 atom stereocenters. The van der Waals surface area contributed by atoms with Crippen LogP contribution in [0.1, 0.15) is 39.2 Å². The number of carbonyl (C=O) groups is 1. The fraction of sp³-hybridized carbons (Fsp3) is 0.650. The van der Waals surface area contributed by atoms with Gasteiger partial charge in [-0.05, 0) is 56.3 Å². The van der Waals surface area contributed by atoms with E-state index in [0.717, 1.165) is 51.2 Å². The van der Waals surface area contributed by atoms with Crippen LogP contribution >= 0.6 is 0 Å². The number of amides is 1. The Kier molecular flexibility index (Phi) is 7.10. The van der Waals surface area contributed by atoms with E-state index in [1.165, 1.54) is 5.56 Å². The Morgan fingerprint density at radius 1 is 1.29 bits per heavy atom. The van der Waals surface area contributed by atoms with Gasteiger partial charge in [-0.2, -0.15) is 0 Å². The Balaban J connectivity index is 1.84. The Labute approximate surface area is 146 Å². The fourth-order valence-corrected chi connectivity index (χ4v) is 3.61. The van der Waals surface area contributed by atoms with Gasteiger partial charge in [-0.25, -0.2) is 0 Å². The lowest BCUT2D eigenvalue weighted by atomic mass is 9.95. The number of piperidine rings is 1. The molecule has 0 aromatic heterocycles. The van der Waals surface area contributed by atoms with Crippen molar-refractivity contribution in [2.24, 2.45) is 5.92 Å². The highest BCUT2D eigenvalue weighted by Gasteiger charge is 2.24. The van der Waals surface area contributed by atoms with Crippen LogP contribution in [0.25, 0.3) is 0 Å². The van der Waals surface area contributed by atoms with Gasteiger partial charge in [0.05, 0.1) is 7.11 Å². The van der Waals surface area contributed by atoms with Crippen molar-refractivity contribution in [1.82, 2.24) is 9.80 Å². The molecule has 2 rings (SSSR count). The first kappa shape index (κ1) is 18.8. The molecule has 0 N–H and O–H groups in total. The molecule has 0 radical (unpaired) electrons. The zero-order valence-corrected chi connectivity index (χ0v) is 15.6. The van der Waals surface area contributed by atoms with Crippen molar-refractivity contribution in [3.05, 3.63) is 29.8 Å². The highest BCUT2D eigenvalue weighted by atomic mass is 16.5. The molecule has 4 nitrogen and oxygen atoms in total. The molecule has 134 valence electrons. The maximum absolute atomic E-state index is 11.4. The zero-order valence-electron chi connectivity index (χ0n) is 15.6. The second-order valence-electron chi connectivity index (χ2n) is 6.94. The lowest BCUT2D eigenvalue weighted by Crippen LogP contribution is -2.43. The van der Waals surface area contributed by atoms with E-state index >= 15 is 0 Å². The maximum atomic E-state index is 11.4. The largest absolute Gasteiger partial charge is 0.497 e. The van der Waals surface area contributed by atoms with Crippen molar-refractivity contribution in [3.8, 4) is 5.75 Å². The van der Waals surface area contributed by atoms with Crippen LogP contribution in [0, 0.1) is 5.92 Å². The molecular formula is C20H32N2O2. The van der Waals surface area contributed by atoms with Crippen molar-refractivity contribution in [1.29, 1.82) is 0 Å². The van der Waals surface area contributed by atoms with Gasteiger partial charge in [0.2, 0.25) is 5.91 Å². The van der Waals surface area contributed by atoms with Gasteiger partial charge in [0.25, 0.3) is 0 Å². The molecule has 1 aliphatic rings. The highest BCUT2D eigenvalue weighted by Crippen LogP contribution is 2.21. The van der Waals surface area contributed by atoms with Crippen LogP contribution in [0.2, 0.25) is 0 Å². The van der Waals surface area contributed by atoms with Crippen LogP contribution in [0.15, 0.2) is 24.3 Å². The minimum atomic E-state index is 0.216. The third-order valence-electron chi connectivity index (χ3n) is 5.27. The molecule has 1 saturated heterocycles. The summed E-state index contributed by atoms with van der Waals surface area (Å²) >= 11 is 0. The standard InChI is InChI=1S/C20H32N2O2/c1-5-21(15-19-10-12-22(13-11-19)17(3)23)16(2)14-18-6-8-20(24-4)9-7-18/h6-9,16,19H,5,10-15H2,1-4H3. The first-order valence-electron chi connectivity index (χ1n) is 9.16. The van der Waals surface area contributed by atoms with Crippen LogP contribution in [0.5, 0.6) is 5.75 Å². The summed E-state index contributed by atoms with van der Waals surface area (Å²) in [4.78, 5) is 16.0. The van der Waals surface area contributed by atoms with Crippen LogP contribution in [0.4, 0.5) is 0 Å². The molecule has 0 spiro atoms. The number of hydrogen-bond acceptors (Lipinski definition) is 3. The summed E-state index contributed by atoms with van der Waals surface area (Å²) in [5, 5.41) is 0. The topological polar surface area (TPSA) is 32.8 Å². The number of likely N-dealkylation sites (N-methyl/N-ethyl adjacent to an activating group) is 1. The number of ether oxygens (including phenoxy) is 1. The van der Waals surface area contributed by atoms with Crippen LogP contribution in [-0.2, 0) is 11.2 Å². The molecule has 0 aliphatic carbocycles. The van der Waals surface area contributed by atoms with Crippen molar-refractivity contribution in [2.75, 3.05) is 33.3 Å². The summed E-state index contributed by atoms with van der Waals surface area (Å²) in [5.74, 6) is 1.84. The molecule has 1 fully saturated rings. The first-order chi connectivity index (χ1) is 11.5. The fourth-order valence-electron chi connectivity index (χ4n) is 3.61. The molecule has 1 unspecified atom stereocenters. The summed E-state index contributed by atoms with van der Waals surface area (Å²) in [6.45, 7) is 10.3. The summed E-state index contributed by atoms with van der Waals surface area (Å²) in [5.41, 5.74) is 1.35. The van der Waals surface area contributed by atoms with Gasteiger partial charge in [-0.15, -0.1) is 0 Å². The number of carbonyl (C=O) groups excluding carboxylic acids is 1. The molecule has 4 heteroatoms. The monoisotopic (exact) mass is 332 g/mol. The molecule has 1 aromatic rings. The maximum Gasteiger partial charge on any atom is 0.219 e. The predicted octanol–water partition coefficient (Wildman–Crippen LogP) is 3.21. The van der Waals surface area contributed by atoms with Crippen molar-refractivity contribution in [2.45, 2.75) is 46.1 Å². The van der Waals surface area contributed by atoms with Gasteiger partial charge in [0.15, 0.2) is 0 Å². The zero-order chi connectivity index (χ0) is 17.5. The predicted molar refractivity (Wildman–Crippen MR) is 98.4 cm³/mol. The molecule has 1 amide bonds. The van der Waals surface area contributed by atoms with E-state index in [1.54, 1.807) is 14.0 Å². The molecule has 1 heterocycles. The normalized spacial score (nSPS) is 17.1. The molecular weight excluding hydrogens is 300 g/mol. The van der Waals surface area contributed by atoms with Crippen molar-refractivity contribution < 1.29 is 9.53 Å². The number of benzene rings is 1. The molecule has 24 heavy (non-hydrogen) atoms. The Morgan fingerprint density at radius 2 is 1.92 bits per heavy atom. The van der Waals surface area contributed by atoms with Crippen LogP contribution < -0.4 is 4.74 Å². The first-order valence-corrected chi connectivity index (χ1v) is 9.16. The van der Waals surface area contributed by atoms with Gasteiger partial charge < -0.3 is 14.5 Å². The van der Waals surface area contributed by atoms with E-state index in [-0.39, 0.29) is 5.91 Å². The van der Waals surface area contributed by atoms with Gasteiger partial charge in [0.1, 0.15) is 5.75 Å². The third-order valence-corrected chi connectivity index (χ3v) is 5.27.